The van der Waals surface area contributed by atoms with Crippen LogP contribution >= 0.6 is 11.6 Å². The number of hydrogen-bond acceptors (Lipinski definition) is 2. The van der Waals surface area contributed by atoms with Crippen molar-refractivity contribution in [2.24, 2.45) is 5.92 Å². The van der Waals surface area contributed by atoms with E-state index >= 15 is 0 Å². The van der Waals surface area contributed by atoms with Gasteiger partial charge in [-0.3, -0.25) is 0 Å². The lowest BCUT2D eigenvalue weighted by atomic mass is 10.0. The topological polar surface area (TPSA) is 21.3 Å². The van der Waals surface area contributed by atoms with Gasteiger partial charge in [-0.2, -0.15) is 0 Å². The molecule has 1 saturated heterocycles. The molecule has 1 heterocycles. The Kier molecular flexibility index (Phi) is 4.66. The van der Waals surface area contributed by atoms with E-state index in [1.807, 2.05) is 6.08 Å². The van der Waals surface area contributed by atoms with E-state index in [1.165, 1.54) is 6.42 Å². The number of halogens is 1. The lowest BCUT2D eigenvalue weighted by Gasteiger charge is -2.17. The molecule has 1 rings (SSSR count). The molecular weight excluding hydrogens is 174 g/mol. The third-order valence-corrected chi connectivity index (χ3v) is 2.50. The highest BCUT2D eigenvalue weighted by Gasteiger charge is 2.20. The lowest BCUT2D eigenvalue weighted by Crippen LogP contribution is -2.33. The van der Waals surface area contributed by atoms with E-state index in [2.05, 4.69) is 12.2 Å². The largest absolute Gasteiger partial charge is 0.381 e. The van der Waals surface area contributed by atoms with Crippen molar-refractivity contribution >= 4 is 11.6 Å². The summed E-state index contributed by atoms with van der Waals surface area (Å²) in [5.74, 6) is 0.675. The Morgan fingerprint density at radius 3 is 3.17 bits per heavy atom. The average Bonchev–Trinajstić information content (AvgIpc) is 2.56. The van der Waals surface area contributed by atoms with Gasteiger partial charge in [0.2, 0.25) is 0 Å². The van der Waals surface area contributed by atoms with Crippen LogP contribution in [0.25, 0.3) is 0 Å². The Balaban J connectivity index is 2.13. The van der Waals surface area contributed by atoms with Crippen LogP contribution in [0.3, 0.4) is 0 Å². The minimum atomic E-state index is 0.528. The molecule has 0 aromatic rings. The molecule has 0 bridgehead atoms. The molecule has 12 heavy (non-hydrogen) atoms. The molecule has 0 spiro atoms. The molecule has 2 atom stereocenters. The lowest BCUT2D eigenvalue weighted by molar-refractivity contribution is 0.179. The van der Waals surface area contributed by atoms with Crippen molar-refractivity contribution in [1.82, 2.24) is 5.32 Å². The predicted octanol–water partition coefficient (Wildman–Crippen LogP) is 1.75. The number of nitrogens with one attached hydrogen (secondary N) is 1. The highest BCUT2D eigenvalue weighted by Crippen LogP contribution is 2.15. The molecule has 1 fully saturated rings. The summed E-state index contributed by atoms with van der Waals surface area (Å²) in [6.45, 7) is 4.86. The van der Waals surface area contributed by atoms with Crippen LogP contribution in [0, 0.1) is 5.92 Å². The van der Waals surface area contributed by atoms with Gasteiger partial charge in [0.1, 0.15) is 0 Å². The maximum absolute atomic E-state index is 5.40. The zero-order chi connectivity index (χ0) is 8.81. The van der Waals surface area contributed by atoms with Gasteiger partial charge < -0.3 is 10.1 Å². The molecule has 0 aromatic heterocycles. The van der Waals surface area contributed by atoms with Crippen molar-refractivity contribution in [2.45, 2.75) is 19.4 Å². The molecule has 0 radical (unpaired) electrons. The summed E-state index contributed by atoms with van der Waals surface area (Å²) in [6.07, 6.45) is 3.09. The van der Waals surface area contributed by atoms with Crippen LogP contribution in [-0.2, 0) is 4.74 Å². The van der Waals surface area contributed by atoms with Crippen molar-refractivity contribution in [3.8, 4) is 0 Å². The summed E-state index contributed by atoms with van der Waals surface area (Å²) in [7, 11) is 0. The van der Waals surface area contributed by atoms with Gasteiger partial charge in [0.25, 0.3) is 0 Å². The minimum Gasteiger partial charge on any atom is -0.381 e. The fourth-order valence-electron chi connectivity index (χ4n) is 1.41. The third kappa shape index (κ3) is 3.13. The number of ether oxygens (including phenoxy) is 1. The molecule has 1 aliphatic heterocycles. The maximum atomic E-state index is 5.40. The maximum Gasteiger partial charge on any atom is 0.0509 e. The highest BCUT2D eigenvalue weighted by atomic mass is 35.5. The summed E-state index contributed by atoms with van der Waals surface area (Å²) >= 11 is 5.40. The van der Waals surface area contributed by atoms with E-state index < -0.39 is 0 Å². The molecule has 0 saturated carbocycles. The van der Waals surface area contributed by atoms with Crippen molar-refractivity contribution < 1.29 is 4.74 Å². The zero-order valence-electron chi connectivity index (χ0n) is 7.42. The van der Waals surface area contributed by atoms with Crippen LogP contribution < -0.4 is 5.32 Å². The first kappa shape index (κ1) is 10.0. The van der Waals surface area contributed by atoms with Gasteiger partial charge in [-0.1, -0.05) is 17.7 Å². The molecule has 70 valence electrons. The normalized spacial score (nSPS) is 26.7. The molecule has 2 unspecified atom stereocenters. The Hall–Kier alpha value is -0.0500. The van der Waals surface area contributed by atoms with Crippen LogP contribution in [-0.4, -0.2) is 25.8 Å². The number of rotatable bonds is 4. The van der Waals surface area contributed by atoms with E-state index in [1.54, 1.807) is 5.54 Å². The monoisotopic (exact) mass is 189 g/mol. The Bertz CT molecular complexity index is 143. The summed E-state index contributed by atoms with van der Waals surface area (Å²) in [5.41, 5.74) is 1.55. The quantitative estimate of drug-likeness (QED) is 0.728. The molecule has 2 nitrogen and oxygen atoms in total. The fraction of sp³-hybridized carbons (Fsp3) is 0.778. The van der Waals surface area contributed by atoms with Crippen LogP contribution in [0.2, 0.25) is 0 Å². The van der Waals surface area contributed by atoms with E-state index in [0.29, 0.717) is 12.0 Å². The fourth-order valence-corrected chi connectivity index (χ4v) is 1.50. The molecule has 1 N–H and O–H groups in total. The molecule has 0 amide bonds. The van der Waals surface area contributed by atoms with Crippen molar-refractivity contribution in [3.63, 3.8) is 0 Å². The number of hydrogen-bond donors (Lipinski definition) is 1. The summed E-state index contributed by atoms with van der Waals surface area (Å²) in [5, 5.41) is 3.37. The Labute approximate surface area is 78.9 Å². The standard InChI is InChI=1S/C9H16ClNO/c1-8(11-5-2-4-10)9-3-6-12-7-9/h2,4,8-9,11H,3,5-7H2,1H3/b4-2+. The molecule has 3 heteroatoms. The van der Waals surface area contributed by atoms with E-state index in [4.69, 9.17) is 16.3 Å². The highest BCUT2D eigenvalue weighted by molar-refractivity contribution is 6.25. The zero-order valence-corrected chi connectivity index (χ0v) is 8.18. The van der Waals surface area contributed by atoms with E-state index in [9.17, 15) is 0 Å². The van der Waals surface area contributed by atoms with Gasteiger partial charge in [-0.15, -0.1) is 0 Å². The first-order chi connectivity index (χ1) is 5.84. The smallest absolute Gasteiger partial charge is 0.0509 e. The second-order valence-electron chi connectivity index (χ2n) is 3.18. The Morgan fingerprint density at radius 1 is 1.75 bits per heavy atom. The van der Waals surface area contributed by atoms with Gasteiger partial charge in [-0.25, -0.2) is 0 Å². The predicted molar refractivity (Wildman–Crippen MR) is 51.4 cm³/mol. The third-order valence-electron chi connectivity index (χ3n) is 2.32. The van der Waals surface area contributed by atoms with Crippen molar-refractivity contribution in [1.29, 1.82) is 0 Å². The first-order valence-corrected chi connectivity index (χ1v) is 4.84. The van der Waals surface area contributed by atoms with Crippen LogP contribution in [0.1, 0.15) is 13.3 Å². The Morgan fingerprint density at radius 2 is 2.58 bits per heavy atom. The van der Waals surface area contributed by atoms with Gasteiger partial charge in [0.15, 0.2) is 0 Å². The molecule has 1 aliphatic rings. The second kappa shape index (κ2) is 5.57. The van der Waals surface area contributed by atoms with E-state index in [-0.39, 0.29) is 0 Å². The van der Waals surface area contributed by atoms with Gasteiger partial charge >= 0.3 is 0 Å². The molecule has 0 aliphatic carbocycles. The van der Waals surface area contributed by atoms with Crippen molar-refractivity contribution in [3.05, 3.63) is 11.6 Å². The molecule has 0 aromatic carbocycles. The second-order valence-corrected chi connectivity index (χ2v) is 3.43. The summed E-state index contributed by atoms with van der Waals surface area (Å²) in [6, 6.07) is 0.528. The van der Waals surface area contributed by atoms with E-state index in [0.717, 1.165) is 19.8 Å². The van der Waals surface area contributed by atoms with Crippen molar-refractivity contribution in [2.75, 3.05) is 19.8 Å². The van der Waals surface area contributed by atoms with Gasteiger partial charge in [0, 0.05) is 24.7 Å². The van der Waals surface area contributed by atoms with Gasteiger partial charge in [-0.05, 0) is 19.3 Å². The summed E-state index contributed by atoms with van der Waals surface area (Å²) < 4.78 is 5.30. The van der Waals surface area contributed by atoms with Crippen LogP contribution in [0.4, 0.5) is 0 Å². The summed E-state index contributed by atoms with van der Waals surface area (Å²) in [4.78, 5) is 0. The van der Waals surface area contributed by atoms with Gasteiger partial charge in [0.05, 0.1) is 6.61 Å². The van der Waals surface area contributed by atoms with Crippen LogP contribution in [0.5, 0.6) is 0 Å². The molecular formula is C9H16ClNO. The SMILES string of the molecule is CC(NC/C=C/Cl)C1CCOC1. The first-order valence-electron chi connectivity index (χ1n) is 4.41. The average molecular weight is 190 g/mol. The minimum absolute atomic E-state index is 0.528. The van der Waals surface area contributed by atoms with Crippen LogP contribution in [0.15, 0.2) is 11.6 Å².